The Bertz CT molecular complexity index is 507. The van der Waals surface area contributed by atoms with E-state index < -0.39 is 23.7 Å². The molecule has 0 radical (unpaired) electrons. The molecule has 20 heavy (non-hydrogen) atoms. The van der Waals surface area contributed by atoms with Gasteiger partial charge in [0.05, 0.1) is 12.7 Å². The Morgan fingerprint density at radius 1 is 1.45 bits per heavy atom. The second-order valence-electron chi connectivity index (χ2n) is 4.48. The van der Waals surface area contributed by atoms with Crippen LogP contribution in [0.4, 0.5) is 4.39 Å². The van der Waals surface area contributed by atoms with E-state index in [0.717, 1.165) is 6.07 Å². The average molecular weight is 346 g/mol. The van der Waals surface area contributed by atoms with Gasteiger partial charge in [-0.25, -0.2) is 9.18 Å². The first-order chi connectivity index (χ1) is 9.40. The minimum absolute atomic E-state index is 0.0845. The number of halogens is 2. The summed E-state index contributed by atoms with van der Waals surface area (Å²) in [6.45, 7) is 3.74. The lowest BCUT2D eigenvalue weighted by Gasteiger charge is -2.22. The molecule has 1 aromatic rings. The minimum atomic E-state index is -0.757. The van der Waals surface area contributed by atoms with Gasteiger partial charge in [0.1, 0.15) is 11.9 Å². The Kier molecular flexibility index (Phi) is 6.13. The molecule has 2 unspecified atom stereocenters. The van der Waals surface area contributed by atoms with Crippen molar-refractivity contribution in [2.75, 3.05) is 7.11 Å². The molecule has 1 amide bonds. The zero-order valence-electron chi connectivity index (χ0n) is 11.6. The molecular weight excluding hydrogens is 329 g/mol. The Balaban J connectivity index is 2.96. The van der Waals surface area contributed by atoms with Crippen LogP contribution in [-0.4, -0.2) is 25.0 Å². The summed E-state index contributed by atoms with van der Waals surface area (Å²) < 4.78 is 18.4. The second kappa shape index (κ2) is 7.38. The fraction of sp³-hybridized carbons (Fsp3) is 0.429. The fourth-order valence-corrected chi connectivity index (χ4v) is 2.11. The lowest BCUT2D eigenvalue weighted by molar-refractivity contribution is -0.144. The third kappa shape index (κ3) is 4.03. The molecule has 1 aromatic carbocycles. The highest BCUT2D eigenvalue weighted by Gasteiger charge is 2.27. The quantitative estimate of drug-likeness (QED) is 0.834. The molecule has 1 rings (SSSR count). The predicted molar refractivity (Wildman–Crippen MR) is 76.8 cm³/mol. The molecule has 0 fully saturated rings. The van der Waals surface area contributed by atoms with Gasteiger partial charge in [0, 0.05) is 4.47 Å². The molecule has 0 bridgehead atoms. The number of ether oxygens (including phenoxy) is 1. The second-order valence-corrected chi connectivity index (χ2v) is 5.34. The summed E-state index contributed by atoms with van der Waals surface area (Å²) in [6.07, 6.45) is 0.699. The van der Waals surface area contributed by atoms with Gasteiger partial charge in [0.2, 0.25) is 0 Å². The Morgan fingerprint density at radius 3 is 2.65 bits per heavy atom. The maximum absolute atomic E-state index is 13.2. The smallest absolute Gasteiger partial charge is 0.328 e. The number of amides is 1. The summed E-state index contributed by atoms with van der Waals surface area (Å²) in [5, 5.41) is 2.59. The molecule has 0 saturated heterocycles. The Hall–Kier alpha value is -1.43. The average Bonchev–Trinajstić information content (AvgIpc) is 2.45. The molecule has 1 N–H and O–H groups in total. The monoisotopic (exact) mass is 345 g/mol. The van der Waals surface area contributed by atoms with Gasteiger partial charge >= 0.3 is 5.97 Å². The van der Waals surface area contributed by atoms with Crippen molar-refractivity contribution in [2.24, 2.45) is 5.92 Å². The molecule has 0 aromatic heterocycles. The molecule has 0 aliphatic heterocycles. The molecule has 6 heteroatoms. The van der Waals surface area contributed by atoms with Crippen LogP contribution < -0.4 is 5.32 Å². The van der Waals surface area contributed by atoms with E-state index in [4.69, 9.17) is 0 Å². The number of esters is 1. The lowest BCUT2D eigenvalue weighted by Crippen LogP contribution is -2.45. The number of methoxy groups -OCH3 is 1. The van der Waals surface area contributed by atoms with E-state index in [0.29, 0.717) is 10.9 Å². The van der Waals surface area contributed by atoms with Crippen LogP contribution >= 0.6 is 15.9 Å². The van der Waals surface area contributed by atoms with Gasteiger partial charge in [-0.05, 0) is 40.0 Å². The van der Waals surface area contributed by atoms with Crippen molar-refractivity contribution < 1.29 is 18.7 Å². The van der Waals surface area contributed by atoms with Crippen LogP contribution in [0.2, 0.25) is 0 Å². The van der Waals surface area contributed by atoms with Gasteiger partial charge in [-0.15, -0.1) is 0 Å². The lowest BCUT2D eigenvalue weighted by atomic mass is 9.99. The van der Waals surface area contributed by atoms with Crippen LogP contribution in [0.3, 0.4) is 0 Å². The first-order valence-corrected chi connectivity index (χ1v) is 7.03. The van der Waals surface area contributed by atoms with Gasteiger partial charge in [-0.2, -0.15) is 0 Å². The Morgan fingerprint density at radius 2 is 2.10 bits per heavy atom. The fourth-order valence-electron chi connectivity index (χ4n) is 1.69. The van der Waals surface area contributed by atoms with E-state index in [9.17, 15) is 14.0 Å². The largest absolute Gasteiger partial charge is 0.467 e. The summed E-state index contributed by atoms with van der Waals surface area (Å²) in [6, 6.07) is 3.05. The van der Waals surface area contributed by atoms with Crippen molar-refractivity contribution in [2.45, 2.75) is 26.3 Å². The molecule has 0 spiro atoms. The summed E-state index contributed by atoms with van der Waals surface area (Å²) in [5.74, 6) is -1.64. The van der Waals surface area contributed by atoms with Crippen LogP contribution in [0.5, 0.6) is 0 Å². The number of carbonyl (C=O) groups is 2. The van der Waals surface area contributed by atoms with Crippen LogP contribution in [0, 0.1) is 11.7 Å². The van der Waals surface area contributed by atoms with Crippen LogP contribution in [0.1, 0.15) is 30.6 Å². The van der Waals surface area contributed by atoms with Gasteiger partial charge in [-0.1, -0.05) is 20.3 Å². The number of hydrogen-bond donors (Lipinski definition) is 1. The standard InChI is InChI=1S/C14H17BrFNO3/c1-4-8(2)12(14(19)20-3)17-13(18)10-7-9(16)5-6-11(10)15/h5-8,12H,4H2,1-3H3,(H,17,18). The van der Waals surface area contributed by atoms with Crippen LogP contribution in [-0.2, 0) is 9.53 Å². The van der Waals surface area contributed by atoms with E-state index in [1.54, 1.807) is 0 Å². The number of hydrogen-bond acceptors (Lipinski definition) is 3. The van der Waals surface area contributed by atoms with E-state index in [1.807, 2.05) is 13.8 Å². The van der Waals surface area contributed by atoms with Crippen molar-refractivity contribution in [1.29, 1.82) is 0 Å². The number of benzene rings is 1. The van der Waals surface area contributed by atoms with Gasteiger partial charge < -0.3 is 10.1 Å². The highest BCUT2D eigenvalue weighted by Crippen LogP contribution is 2.19. The number of rotatable bonds is 5. The summed E-state index contributed by atoms with van der Waals surface area (Å²) >= 11 is 3.19. The topological polar surface area (TPSA) is 55.4 Å². The molecule has 110 valence electrons. The third-order valence-electron chi connectivity index (χ3n) is 3.13. The highest BCUT2D eigenvalue weighted by molar-refractivity contribution is 9.10. The zero-order valence-corrected chi connectivity index (χ0v) is 13.2. The SMILES string of the molecule is CCC(C)C(NC(=O)c1cc(F)ccc1Br)C(=O)OC. The molecule has 0 saturated carbocycles. The number of carbonyl (C=O) groups excluding carboxylic acids is 2. The zero-order chi connectivity index (χ0) is 15.3. The summed E-state index contributed by atoms with van der Waals surface area (Å²) in [7, 11) is 1.27. The first-order valence-electron chi connectivity index (χ1n) is 6.24. The van der Waals surface area contributed by atoms with Gasteiger partial charge in [0.25, 0.3) is 5.91 Å². The number of nitrogens with one attached hydrogen (secondary N) is 1. The molecule has 0 aliphatic carbocycles. The van der Waals surface area contributed by atoms with Gasteiger partial charge in [-0.3, -0.25) is 4.79 Å². The van der Waals surface area contributed by atoms with Crippen molar-refractivity contribution >= 4 is 27.8 Å². The third-order valence-corrected chi connectivity index (χ3v) is 3.82. The summed E-state index contributed by atoms with van der Waals surface area (Å²) in [5.41, 5.74) is 0.141. The minimum Gasteiger partial charge on any atom is -0.467 e. The molecular formula is C14H17BrFNO3. The molecule has 0 aliphatic rings. The van der Waals surface area contributed by atoms with Gasteiger partial charge in [0.15, 0.2) is 0 Å². The van der Waals surface area contributed by atoms with Crippen molar-refractivity contribution in [1.82, 2.24) is 5.32 Å². The van der Waals surface area contributed by atoms with E-state index in [2.05, 4.69) is 26.0 Å². The van der Waals surface area contributed by atoms with Crippen LogP contribution in [0.15, 0.2) is 22.7 Å². The Labute approximate surface area is 125 Å². The maximum atomic E-state index is 13.2. The van der Waals surface area contributed by atoms with Crippen molar-refractivity contribution in [3.8, 4) is 0 Å². The molecule has 2 atom stereocenters. The van der Waals surface area contributed by atoms with E-state index >= 15 is 0 Å². The van der Waals surface area contributed by atoms with Crippen molar-refractivity contribution in [3.63, 3.8) is 0 Å². The predicted octanol–water partition coefficient (Wildman–Crippen LogP) is 2.91. The first kappa shape index (κ1) is 16.6. The van der Waals surface area contributed by atoms with E-state index in [1.165, 1.54) is 19.2 Å². The maximum Gasteiger partial charge on any atom is 0.328 e. The molecule has 0 heterocycles. The normalized spacial score (nSPS) is 13.4. The van der Waals surface area contributed by atoms with Crippen molar-refractivity contribution in [3.05, 3.63) is 34.1 Å². The summed E-state index contributed by atoms with van der Waals surface area (Å²) in [4.78, 5) is 23.9. The van der Waals surface area contributed by atoms with Crippen LogP contribution in [0.25, 0.3) is 0 Å². The molecule has 4 nitrogen and oxygen atoms in total. The van der Waals surface area contributed by atoms with E-state index in [-0.39, 0.29) is 11.5 Å². The highest BCUT2D eigenvalue weighted by atomic mass is 79.9.